The molecule has 0 bridgehead atoms. The van der Waals surface area contributed by atoms with Gasteiger partial charge in [0.05, 0.1) is 0 Å². The number of rotatable bonds is 5. The van der Waals surface area contributed by atoms with E-state index in [1.54, 1.807) is 24.3 Å². The Balaban J connectivity index is 2.44. The highest BCUT2D eigenvalue weighted by atomic mass is 79.9. The maximum Gasteiger partial charge on any atom is 0.247 e. The molecule has 0 aliphatic rings. The molecule has 110 valence electrons. The van der Waals surface area contributed by atoms with Crippen molar-refractivity contribution in [1.82, 2.24) is 0 Å². The predicted molar refractivity (Wildman–Crippen MR) is 87.0 cm³/mol. The standard InChI is InChI=1S/C16H17BrN2O2/c1-2-16(15(18)21,11-3-9-14(20)10-4-11)19-13-7-5-12(17)6-8-13/h3-10,19-20H,2H2,1H3,(H2,18,21). The van der Waals surface area contributed by atoms with Gasteiger partial charge in [-0.3, -0.25) is 4.79 Å². The first kappa shape index (κ1) is 15.4. The van der Waals surface area contributed by atoms with Gasteiger partial charge in [0.2, 0.25) is 5.91 Å². The van der Waals surface area contributed by atoms with Crippen LogP contribution in [0.1, 0.15) is 18.9 Å². The maximum absolute atomic E-state index is 12.1. The van der Waals surface area contributed by atoms with Gasteiger partial charge in [-0.15, -0.1) is 0 Å². The molecule has 4 nitrogen and oxygen atoms in total. The second kappa shape index (κ2) is 6.18. The van der Waals surface area contributed by atoms with Crippen molar-refractivity contribution in [3.05, 3.63) is 58.6 Å². The van der Waals surface area contributed by atoms with E-state index in [1.807, 2.05) is 31.2 Å². The number of carbonyl (C=O) groups excluding carboxylic acids is 1. The summed E-state index contributed by atoms with van der Waals surface area (Å²) >= 11 is 3.38. The molecule has 1 unspecified atom stereocenters. The van der Waals surface area contributed by atoms with E-state index in [0.29, 0.717) is 6.42 Å². The normalized spacial score (nSPS) is 13.4. The van der Waals surface area contributed by atoms with Crippen molar-refractivity contribution < 1.29 is 9.90 Å². The summed E-state index contributed by atoms with van der Waals surface area (Å²) in [6, 6.07) is 14.0. The average Bonchev–Trinajstić information content (AvgIpc) is 2.47. The predicted octanol–water partition coefficient (Wildman–Crippen LogP) is 3.36. The van der Waals surface area contributed by atoms with Crippen molar-refractivity contribution in [3.63, 3.8) is 0 Å². The number of phenolic OH excluding ortho intramolecular Hbond substituents is 1. The zero-order valence-corrected chi connectivity index (χ0v) is 13.2. The Morgan fingerprint density at radius 3 is 2.24 bits per heavy atom. The lowest BCUT2D eigenvalue weighted by Gasteiger charge is -2.32. The molecule has 5 heteroatoms. The smallest absolute Gasteiger partial charge is 0.247 e. The fourth-order valence-electron chi connectivity index (χ4n) is 2.27. The molecule has 0 saturated carbocycles. The SMILES string of the molecule is CCC(Nc1ccc(Br)cc1)(C(N)=O)c1ccc(O)cc1. The monoisotopic (exact) mass is 348 g/mol. The van der Waals surface area contributed by atoms with E-state index in [-0.39, 0.29) is 5.75 Å². The first-order chi connectivity index (χ1) is 9.98. The van der Waals surface area contributed by atoms with Crippen LogP contribution in [0.25, 0.3) is 0 Å². The van der Waals surface area contributed by atoms with E-state index >= 15 is 0 Å². The molecule has 1 amide bonds. The summed E-state index contributed by atoms with van der Waals surface area (Å²) in [5, 5.41) is 12.6. The third-order valence-electron chi connectivity index (χ3n) is 3.51. The molecule has 1 atom stereocenters. The quantitative estimate of drug-likeness (QED) is 0.775. The third-order valence-corrected chi connectivity index (χ3v) is 4.04. The molecule has 0 saturated heterocycles. The number of phenols is 1. The molecule has 0 radical (unpaired) electrons. The maximum atomic E-state index is 12.1. The minimum atomic E-state index is -1.01. The van der Waals surface area contributed by atoms with Gasteiger partial charge in [0.25, 0.3) is 0 Å². The van der Waals surface area contributed by atoms with Crippen molar-refractivity contribution in [2.24, 2.45) is 5.73 Å². The number of primary amides is 1. The molecule has 2 aromatic rings. The number of hydrogen-bond donors (Lipinski definition) is 3. The molecule has 0 spiro atoms. The number of nitrogens with two attached hydrogens (primary N) is 1. The largest absolute Gasteiger partial charge is 0.508 e. The van der Waals surface area contributed by atoms with E-state index in [9.17, 15) is 9.90 Å². The molecule has 4 N–H and O–H groups in total. The summed E-state index contributed by atoms with van der Waals surface area (Å²) in [5.41, 5.74) is 6.16. The summed E-state index contributed by atoms with van der Waals surface area (Å²) < 4.78 is 0.957. The minimum Gasteiger partial charge on any atom is -0.508 e. The van der Waals surface area contributed by atoms with Gasteiger partial charge in [-0.2, -0.15) is 0 Å². The highest BCUT2D eigenvalue weighted by Gasteiger charge is 2.36. The Kier molecular flexibility index (Phi) is 4.53. The summed E-state index contributed by atoms with van der Waals surface area (Å²) in [4.78, 5) is 12.1. The van der Waals surface area contributed by atoms with Crippen molar-refractivity contribution in [1.29, 1.82) is 0 Å². The van der Waals surface area contributed by atoms with Crippen LogP contribution in [0.5, 0.6) is 5.75 Å². The number of carbonyl (C=O) groups is 1. The second-order valence-electron chi connectivity index (χ2n) is 4.80. The molecule has 2 aromatic carbocycles. The zero-order valence-electron chi connectivity index (χ0n) is 11.6. The van der Waals surface area contributed by atoms with Crippen LogP contribution in [-0.4, -0.2) is 11.0 Å². The molecule has 21 heavy (non-hydrogen) atoms. The fourth-order valence-corrected chi connectivity index (χ4v) is 2.53. The fraction of sp³-hybridized carbons (Fsp3) is 0.188. The Morgan fingerprint density at radius 1 is 1.19 bits per heavy atom. The van der Waals surface area contributed by atoms with Gasteiger partial charge in [-0.05, 0) is 48.4 Å². The molecular formula is C16H17BrN2O2. The Labute approximate surface area is 132 Å². The highest BCUT2D eigenvalue weighted by Crippen LogP contribution is 2.31. The van der Waals surface area contributed by atoms with Gasteiger partial charge in [0.15, 0.2) is 0 Å². The van der Waals surface area contributed by atoms with E-state index in [4.69, 9.17) is 5.73 Å². The number of hydrogen-bond acceptors (Lipinski definition) is 3. The number of amides is 1. The van der Waals surface area contributed by atoms with Gasteiger partial charge in [-0.25, -0.2) is 0 Å². The topological polar surface area (TPSA) is 75.3 Å². The number of anilines is 1. The van der Waals surface area contributed by atoms with Crippen LogP contribution in [0, 0.1) is 0 Å². The molecular weight excluding hydrogens is 332 g/mol. The highest BCUT2D eigenvalue weighted by molar-refractivity contribution is 9.10. The van der Waals surface area contributed by atoms with Crippen LogP contribution >= 0.6 is 15.9 Å². The van der Waals surface area contributed by atoms with Gasteiger partial charge >= 0.3 is 0 Å². The number of aromatic hydroxyl groups is 1. The number of benzene rings is 2. The van der Waals surface area contributed by atoms with Crippen molar-refractivity contribution in [2.75, 3.05) is 5.32 Å². The van der Waals surface area contributed by atoms with Crippen LogP contribution in [-0.2, 0) is 10.3 Å². The lowest BCUT2D eigenvalue weighted by atomic mass is 9.86. The van der Waals surface area contributed by atoms with E-state index in [1.165, 1.54) is 0 Å². The summed E-state index contributed by atoms with van der Waals surface area (Å²) in [7, 11) is 0. The Hall–Kier alpha value is -2.01. The number of halogens is 1. The summed E-state index contributed by atoms with van der Waals surface area (Å²) in [5.74, 6) is -0.310. The molecule has 0 aliphatic carbocycles. The third kappa shape index (κ3) is 3.19. The molecule has 0 heterocycles. The van der Waals surface area contributed by atoms with E-state index in [2.05, 4.69) is 21.2 Å². The molecule has 0 aliphatic heterocycles. The van der Waals surface area contributed by atoms with E-state index in [0.717, 1.165) is 15.7 Å². The zero-order chi connectivity index (χ0) is 15.5. The lowest BCUT2D eigenvalue weighted by Crippen LogP contribution is -2.47. The van der Waals surface area contributed by atoms with Gasteiger partial charge in [-0.1, -0.05) is 35.0 Å². The minimum absolute atomic E-state index is 0.150. The molecule has 2 rings (SSSR count). The van der Waals surface area contributed by atoms with Gasteiger partial charge < -0.3 is 16.2 Å². The Bertz CT molecular complexity index is 626. The number of nitrogens with one attached hydrogen (secondary N) is 1. The average molecular weight is 349 g/mol. The van der Waals surface area contributed by atoms with Crippen molar-refractivity contribution in [3.8, 4) is 5.75 Å². The van der Waals surface area contributed by atoms with Crippen LogP contribution < -0.4 is 11.1 Å². The first-order valence-corrected chi connectivity index (χ1v) is 7.40. The molecule has 0 aromatic heterocycles. The van der Waals surface area contributed by atoms with Gasteiger partial charge in [0, 0.05) is 10.2 Å². The second-order valence-corrected chi connectivity index (χ2v) is 5.72. The van der Waals surface area contributed by atoms with Crippen LogP contribution in [0.2, 0.25) is 0 Å². The lowest BCUT2D eigenvalue weighted by molar-refractivity contribution is -0.122. The van der Waals surface area contributed by atoms with E-state index < -0.39 is 11.4 Å². The van der Waals surface area contributed by atoms with Crippen LogP contribution in [0.15, 0.2) is 53.0 Å². The molecule has 0 fully saturated rings. The van der Waals surface area contributed by atoms with Crippen LogP contribution in [0.3, 0.4) is 0 Å². The summed E-state index contributed by atoms with van der Waals surface area (Å²) in [6.45, 7) is 1.89. The van der Waals surface area contributed by atoms with Gasteiger partial charge in [0.1, 0.15) is 11.3 Å². The van der Waals surface area contributed by atoms with Crippen LogP contribution in [0.4, 0.5) is 5.69 Å². The van der Waals surface area contributed by atoms with Crippen molar-refractivity contribution >= 4 is 27.5 Å². The Morgan fingerprint density at radius 2 is 1.76 bits per heavy atom. The van der Waals surface area contributed by atoms with Crippen molar-refractivity contribution in [2.45, 2.75) is 18.9 Å². The summed E-state index contributed by atoms with van der Waals surface area (Å²) in [6.07, 6.45) is 0.489. The first-order valence-electron chi connectivity index (χ1n) is 6.61.